The van der Waals surface area contributed by atoms with Crippen molar-refractivity contribution in [1.29, 1.82) is 0 Å². The highest BCUT2D eigenvalue weighted by Crippen LogP contribution is 1.97. The number of nitrogens with zero attached hydrogens (tertiary/aromatic N) is 3. The van der Waals surface area contributed by atoms with E-state index in [1.54, 1.807) is 12.3 Å². The van der Waals surface area contributed by atoms with E-state index < -0.39 is 0 Å². The first-order chi connectivity index (χ1) is 6.83. The molecule has 0 unspecified atom stereocenters. The van der Waals surface area contributed by atoms with E-state index in [4.69, 9.17) is 5.53 Å². The predicted octanol–water partition coefficient (Wildman–Crippen LogP) is 2.09. The Morgan fingerprint density at radius 1 is 1.64 bits per heavy atom. The summed E-state index contributed by atoms with van der Waals surface area (Å²) in [6.45, 7) is 0.441. The molecule has 1 N–H and O–H groups in total. The third kappa shape index (κ3) is 3.60. The fourth-order valence-corrected chi connectivity index (χ4v) is 0.961. The van der Waals surface area contributed by atoms with Gasteiger partial charge in [-0.2, -0.15) is 0 Å². The molecule has 0 bridgehead atoms. The zero-order chi connectivity index (χ0) is 10.2. The zero-order valence-corrected chi connectivity index (χ0v) is 7.55. The molecule has 0 saturated carbocycles. The van der Waals surface area contributed by atoms with Crippen molar-refractivity contribution in [2.45, 2.75) is 6.42 Å². The quantitative estimate of drug-likeness (QED) is 0.335. The molecule has 0 amide bonds. The van der Waals surface area contributed by atoms with Gasteiger partial charge in [0.2, 0.25) is 5.56 Å². The van der Waals surface area contributed by atoms with Crippen LogP contribution in [0.4, 0.5) is 0 Å². The first-order valence-electron chi connectivity index (χ1n) is 4.19. The SMILES string of the molecule is [N-]=[N+]=NCCC=Cc1cc[nH]c(=O)c1. The van der Waals surface area contributed by atoms with Gasteiger partial charge in [-0.3, -0.25) is 4.79 Å². The van der Waals surface area contributed by atoms with Crippen molar-refractivity contribution >= 4 is 6.08 Å². The average molecular weight is 190 g/mol. The summed E-state index contributed by atoms with van der Waals surface area (Å²) < 4.78 is 0. The lowest BCUT2D eigenvalue weighted by molar-refractivity contribution is 0.995. The van der Waals surface area contributed by atoms with Crippen molar-refractivity contribution in [3.63, 3.8) is 0 Å². The maximum atomic E-state index is 10.9. The van der Waals surface area contributed by atoms with Crippen LogP contribution in [0, 0.1) is 0 Å². The van der Waals surface area contributed by atoms with Gasteiger partial charge in [0.1, 0.15) is 0 Å². The minimum absolute atomic E-state index is 0.123. The molecule has 1 aromatic heterocycles. The molecule has 5 nitrogen and oxygen atoms in total. The van der Waals surface area contributed by atoms with Crippen molar-refractivity contribution in [2.24, 2.45) is 5.11 Å². The van der Waals surface area contributed by atoms with Gasteiger partial charge in [-0.15, -0.1) is 0 Å². The Morgan fingerprint density at radius 2 is 2.50 bits per heavy atom. The van der Waals surface area contributed by atoms with Gasteiger partial charge < -0.3 is 4.98 Å². The van der Waals surface area contributed by atoms with Gasteiger partial charge >= 0.3 is 0 Å². The van der Waals surface area contributed by atoms with Crippen molar-refractivity contribution in [1.82, 2.24) is 4.98 Å². The Bertz CT molecular complexity index is 415. The molecular weight excluding hydrogens is 180 g/mol. The molecule has 1 heterocycles. The van der Waals surface area contributed by atoms with E-state index in [-0.39, 0.29) is 5.56 Å². The van der Waals surface area contributed by atoms with Crippen LogP contribution in [0.15, 0.2) is 34.3 Å². The molecule has 0 aromatic carbocycles. The van der Waals surface area contributed by atoms with Gasteiger partial charge in [-0.25, -0.2) is 0 Å². The summed E-state index contributed by atoms with van der Waals surface area (Å²) in [6.07, 6.45) is 5.96. The third-order valence-electron chi connectivity index (χ3n) is 1.57. The second kappa shape index (κ2) is 5.61. The maximum Gasteiger partial charge on any atom is 0.248 e. The molecule has 14 heavy (non-hydrogen) atoms. The number of nitrogens with one attached hydrogen (secondary N) is 1. The molecule has 0 aliphatic rings. The second-order valence-electron chi connectivity index (χ2n) is 2.63. The summed E-state index contributed by atoms with van der Waals surface area (Å²) in [5, 5.41) is 3.38. The summed E-state index contributed by atoms with van der Waals surface area (Å²) in [4.78, 5) is 16.0. The van der Waals surface area contributed by atoms with Crippen molar-refractivity contribution in [3.8, 4) is 0 Å². The Labute approximate surface area is 80.7 Å². The Kier molecular flexibility index (Phi) is 4.04. The van der Waals surface area contributed by atoms with Crippen molar-refractivity contribution in [3.05, 3.63) is 50.8 Å². The Morgan fingerprint density at radius 3 is 3.21 bits per heavy atom. The number of pyridine rings is 1. The summed E-state index contributed by atoms with van der Waals surface area (Å²) in [5.41, 5.74) is 8.73. The minimum atomic E-state index is -0.123. The van der Waals surface area contributed by atoms with Crippen LogP contribution in [0.1, 0.15) is 12.0 Å². The molecule has 0 aliphatic heterocycles. The minimum Gasteiger partial charge on any atom is -0.329 e. The highest BCUT2D eigenvalue weighted by atomic mass is 16.1. The standard InChI is InChI=1S/C9H10N4O/c10-13-12-5-2-1-3-8-4-6-11-9(14)7-8/h1,3-4,6-7H,2,5H2,(H,11,14). The molecule has 0 aliphatic carbocycles. The molecule has 0 radical (unpaired) electrons. The van der Waals surface area contributed by atoms with Crippen LogP contribution in [-0.2, 0) is 0 Å². The number of rotatable bonds is 4. The summed E-state index contributed by atoms with van der Waals surface area (Å²) in [6, 6.07) is 3.30. The summed E-state index contributed by atoms with van der Waals surface area (Å²) in [7, 11) is 0. The second-order valence-corrected chi connectivity index (χ2v) is 2.63. The first kappa shape index (κ1) is 10.1. The third-order valence-corrected chi connectivity index (χ3v) is 1.57. The van der Waals surface area contributed by atoms with Crippen LogP contribution >= 0.6 is 0 Å². The number of aromatic nitrogens is 1. The molecule has 0 spiro atoms. The van der Waals surface area contributed by atoms with Gasteiger partial charge in [0.25, 0.3) is 0 Å². The Hall–Kier alpha value is -2.00. The Balaban J connectivity index is 2.51. The molecule has 0 saturated heterocycles. The number of hydrogen-bond donors (Lipinski definition) is 1. The van der Waals surface area contributed by atoms with Crippen LogP contribution in [0.3, 0.4) is 0 Å². The normalized spacial score (nSPS) is 10.0. The fraction of sp³-hybridized carbons (Fsp3) is 0.222. The van der Waals surface area contributed by atoms with Gasteiger partial charge in [0.05, 0.1) is 0 Å². The molecule has 72 valence electrons. The number of H-pyrrole nitrogens is 1. The van der Waals surface area contributed by atoms with E-state index in [0.717, 1.165) is 5.56 Å². The lowest BCUT2D eigenvalue weighted by atomic mass is 10.2. The number of aromatic amines is 1. The van der Waals surface area contributed by atoms with Crippen molar-refractivity contribution < 1.29 is 0 Å². The maximum absolute atomic E-state index is 10.9. The first-order valence-corrected chi connectivity index (χ1v) is 4.19. The fourth-order valence-electron chi connectivity index (χ4n) is 0.961. The van der Waals surface area contributed by atoms with Crippen LogP contribution < -0.4 is 5.56 Å². The van der Waals surface area contributed by atoms with Gasteiger partial charge in [0, 0.05) is 23.7 Å². The van der Waals surface area contributed by atoms with E-state index in [1.807, 2.05) is 12.2 Å². The number of hydrogen-bond acceptors (Lipinski definition) is 2. The molecule has 0 atom stereocenters. The van der Waals surface area contributed by atoms with Gasteiger partial charge in [0.15, 0.2) is 0 Å². The van der Waals surface area contributed by atoms with E-state index in [2.05, 4.69) is 15.0 Å². The van der Waals surface area contributed by atoms with Crippen LogP contribution in [0.25, 0.3) is 16.5 Å². The molecule has 5 heteroatoms. The monoisotopic (exact) mass is 190 g/mol. The molecule has 1 aromatic rings. The molecular formula is C9H10N4O. The van der Waals surface area contributed by atoms with E-state index in [9.17, 15) is 4.79 Å². The molecule has 0 fully saturated rings. The lowest BCUT2D eigenvalue weighted by Crippen LogP contribution is -2.01. The predicted molar refractivity (Wildman–Crippen MR) is 54.7 cm³/mol. The van der Waals surface area contributed by atoms with E-state index in [0.29, 0.717) is 13.0 Å². The average Bonchev–Trinajstić information content (AvgIpc) is 2.18. The zero-order valence-electron chi connectivity index (χ0n) is 7.55. The summed E-state index contributed by atoms with van der Waals surface area (Å²) >= 11 is 0. The van der Waals surface area contributed by atoms with Gasteiger partial charge in [-0.1, -0.05) is 17.3 Å². The highest BCUT2D eigenvalue weighted by Gasteiger charge is 1.86. The highest BCUT2D eigenvalue weighted by molar-refractivity contribution is 5.47. The van der Waals surface area contributed by atoms with Crippen LogP contribution in [-0.4, -0.2) is 11.5 Å². The van der Waals surface area contributed by atoms with Gasteiger partial charge in [-0.05, 0) is 23.6 Å². The van der Waals surface area contributed by atoms with Crippen molar-refractivity contribution in [2.75, 3.05) is 6.54 Å². The number of azide groups is 1. The van der Waals surface area contributed by atoms with E-state index >= 15 is 0 Å². The topological polar surface area (TPSA) is 81.6 Å². The summed E-state index contributed by atoms with van der Waals surface area (Å²) in [5.74, 6) is 0. The largest absolute Gasteiger partial charge is 0.329 e. The molecule has 1 rings (SSSR count). The van der Waals surface area contributed by atoms with Crippen LogP contribution in [0.2, 0.25) is 0 Å². The van der Waals surface area contributed by atoms with Crippen LogP contribution in [0.5, 0.6) is 0 Å². The van der Waals surface area contributed by atoms with E-state index in [1.165, 1.54) is 6.07 Å². The smallest absolute Gasteiger partial charge is 0.248 e. The lowest BCUT2D eigenvalue weighted by Gasteiger charge is -1.89.